The monoisotopic (exact) mass is 275 g/mol. The molecule has 0 aliphatic heterocycles. The number of rotatable bonds is 5. The Kier molecular flexibility index (Phi) is 4.52. The van der Waals surface area contributed by atoms with Crippen LogP contribution in [0.5, 0.6) is 0 Å². The van der Waals surface area contributed by atoms with E-state index in [1.165, 1.54) is 16.9 Å². The van der Waals surface area contributed by atoms with Crippen molar-refractivity contribution in [3.63, 3.8) is 0 Å². The van der Waals surface area contributed by atoms with Crippen LogP contribution in [0.25, 0.3) is 0 Å². The molecular formula is C14H17N3OS. The molecule has 2 aromatic rings. The maximum atomic E-state index is 11.8. The van der Waals surface area contributed by atoms with Gasteiger partial charge >= 0.3 is 0 Å². The van der Waals surface area contributed by atoms with Crippen molar-refractivity contribution in [1.29, 1.82) is 0 Å². The predicted molar refractivity (Wildman–Crippen MR) is 78.3 cm³/mol. The number of hydrogen-bond acceptors (Lipinski definition) is 4. The summed E-state index contributed by atoms with van der Waals surface area (Å²) in [5.41, 5.74) is 7.18. The summed E-state index contributed by atoms with van der Waals surface area (Å²) in [6.07, 6.45) is 0.898. The highest BCUT2D eigenvalue weighted by atomic mass is 32.1. The van der Waals surface area contributed by atoms with E-state index in [1.54, 1.807) is 5.38 Å². The molecule has 0 saturated carbocycles. The number of thiazole rings is 1. The summed E-state index contributed by atoms with van der Waals surface area (Å²) in [6.45, 7) is 2.79. The number of amides is 1. The lowest BCUT2D eigenvalue weighted by molar-refractivity contribution is 0.0948. The molecule has 0 aliphatic rings. The molecule has 3 N–H and O–H groups in total. The minimum absolute atomic E-state index is 0.159. The molecule has 1 aromatic carbocycles. The maximum absolute atomic E-state index is 11.8. The summed E-state index contributed by atoms with van der Waals surface area (Å²) in [4.78, 5) is 15.7. The number of carbonyl (C=O) groups excluding carboxylic acids is 1. The van der Waals surface area contributed by atoms with Crippen LogP contribution >= 0.6 is 11.3 Å². The van der Waals surface area contributed by atoms with Crippen LogP contribution in [0.3, 0.4) is 0 Å². The number of nitrogens with zero attached hydrogens (tertiary/aromatic N) is 1. The van der Waals surface area contributed by atoms with Crippen LogP contribution in [0.4, 0.5) is 5.13 Å². The molecular weight excluding hydrogens is 258 g/mol. The minimum Gasteiger partial charge on any atom is -0.375 e. The number of benzene rings is 1. The lowest BCUT2D eigenvalue weighted by Crippen LogP contribution is -2.25. The molecule has 0 saturated heterocycles. The highest BCUT2D eigenvalue weighted by molar-refractivity contribution is 7.13. The smallest absolute Gasteiger partial charge is 0.270 e. The highest BCUT2D eigenvalue weighted by Crippen LogP contribution is 2.17. The molecule has 1 atom stereocenters. The Bertz CT molecular complexity index is 539. The van der Waals surface area contributed by atoms with Gasteiger partial charge in [0.2, 0.25) is 0 Å². The number of nitrogens with two attached hydrogens (primary N) is 1. The van der Waals surface area contributed by atoms with Crippen molar-refractivity contribution in [2.75, 3.05) is 12.3 Å². The van der Waals surface area contributed by atoms with E-state index in [0.29, 0.717) is 23.3 Å². The van der Waals surface area contributed by atoms with E-state index in [9.17, 15) is 4.79 Å². The Balaban J connectivity index is 1.79. The fourth-order valence-corrected chi connectivity index (χ4v) is 2.38. The van der Waals surface area contributed by atoms with Crippen LogP contribution < -0.4 is 11.1 Å². The van der Waals surface area contributed by atoms with Crippen molar-refractivity contribution in [1.82, 2.24) is 10.3 Å². The average molecular weight is 275 g/mol. The zero-order valence-corrected chi connectivity index (χ0v) is 11.6. The molecule has 1 heterocycles. The van der Waals surface area contributed by atoms with E-state index in [1.807, 2.05) is 18.2 Å². The zero-order chi connectivity index (χ0) is 13.7. The van der Waals surface area contributed by atoms with Gasteiger partial charge in [-0.15, -0.1) is 11.3 Å². The second kappa shape index (κ2) is 6.33. The van der Waals surface area contributed by atoms with Crippen molar-refractivity contribution in [2.45, 2.75) is 19.3 Å². The summed E-state index contributed by atoms with van der Waals surface area (Å²) in [6, 6.07) is 10.3. The van der Waals surface area contributed by atoms with Crippen LogP contribution in [-0.4, -0.2) is 17.4 Å². The van der Waals surface area contributed by atoms with Gasteiger partial charge in [-0.3, -0.25) is 4.79 Å². The molecule has 1 aromatic heterocycles. The summed E-state index contributed by atoms with van der Waals surface area (Å²) < 4.78 is 0. The lowest BCUT2D eigenvalue weighted by Gasteiger charge is -2.11. The first kappa shape index (κ1) is 13.5. The van der Waals surface area contributed by atoms with Crippen LogP contribution in [0.2, 0.25) is 0 Å². The number of aromatic nitrogens is 1. The topological polar surface area (TPSA) is 68.0 Å². The summed E-state index contributed by atoms with van der Waals surface area (Å²) >= 11 is 1.28. The Morgan fingerprint density at radius 2 is 2.16 bits per heavy atom. The van der Waals surface area contributed by atoms with Crippen molar-refractivity contribution in [3.8, 4) is 0 Å². The van der Waals surface area contributed by atoms with Crippen LogP contribution in [-0.2, 0) is 0 Å². The number of carbonyl (C=O) groups is 1. The van der Waals surface area contributed by atoms with E-state index < -0.39 is 0 Å². The van der Waals surface area contributed by atoms with Gasteiger partial charge in [-0.25, -0.2) is 4.98 Å². The first-order valence-electron chi connectivity index (χ1n) is 6.21. The predicted octanol–water partition coefficient (Wildman–Crippen LogP) is 2.65. The zero-order valence-electron chi connectivity index (χ0n) is 10.8. The minimum atomic E-state index is -0.159. The Morgan fingerprint density at radius 1 is 1.42 bits per heavy atom. The van der Waals surface area contributed by atoms with Gasteiger partial charge in [-0.05, 0) is 17.9 Å². The fraction of sp³-hybridized carbons (Fsp3) is 0.286. The summed E-state index contributed by atoms with van der Waals surface area (Å²) in [7, 11) is 0. The third-order valence-corrected chi connectivity index (χ3v) is 3.66. The second-order valence-electron chi connectivity index (χ2n) is 4.43. The average Bonchev–Trinajstić information content (AvgIpc) is 2.86. The van der Waals surface area contributed by atoms with Gasteiger partial charge in [0.05, 0.1) is 0 Å². The van der Waals surface area contributed by atoms with Gasteiger partial charge in [0.1, 0.15) is 5.69 Å². The van der Waals surface area contributed by atoms with E-state index >= 15 is 0 Å². The van der Waals surface area contributed by atoms with Gasteiger partial charge in [0.15, 0.2) is 5.13 Å². The van der Waals surface area contributed by atoms with Crippen LogP contribution in [0.1, 0.15) is 35.3 Å². The molecule has 1 unspecified atom stereocenters. The molecule has 19 heavy (non-hydrogen) atoms. The van der Waals surface area contributed by atoms with Gasteiger partial charge in [-0.2, -0.15) is 0 Å². The van der Waals surface area contributed by atoms with Crippen molar-refractivity contribution in [2.24, 2.45) is 0 Å². The molecule has 1 amide bonds. The largest absolute Gasteiger partial charge is 0.375 e. The van der Waals surface area contributed by atoms with Crippen LogP contribution in [0.15, 0.2) is 35.7 Å². The molecule has 0 radical (unpaired) electrons. The van der Waals surface area contributed by atoms with E-state index in [4.69, 9.17) is 5.73 Å². The molecule has 100 valence electrons. The number of hydrogen-bond donors (Lipinski definition) is 2. The van der Waals surface area contributed by atoms with Crippen molar-refractivity contribution in [3.05, 3.63) is 47.0 Å². The Morgan fingerprint density at radius 3 is 2.79 bits per heavy atom. The third-order valence-electron chi connectivity index (χ3n) is 2.99. The first-order chi connectivity index (χ1) is 9.16. The SMILES string of the molecule is CC(CCNC(=O)c1csc(N)n1)c1ccccc1. The van der Waals surface area contributed by atoms with E-state index in [2.05, 4.69) is 29.4 Å². The lowest BCUT2D eigenvalue weighted by atomic mass is 9.98. The molecule has 2 rings (SSSR count). The van der Waals surface area contributed by atoms with E-state index in [0.717, 1.165) is 6.42 Å². The Hall–Kier alpha value is -1.88. The highest BCUT2D eigenvalue weighted by Gasteiger charge is 2.10. The maximum Gasteiger partial charge on any atom is 0.270 e. The standard InChI is InChI=1S/C14H17N3OS/c1-10(11-5-3-2-4-6-11)7-8-16-13(18)12-9-19-14(15)17-12/h2-6,9-10H,7-8H2,1H3,(H2,15,17)(H,16,18). The van der Waals surface area contributed by atoms with Gasteiger partial charge in [0, 0.05) is 11.9 Å². The van der Waals surface area contributed by atoms with Gasteiger partial charge in [0.25, 0.3) is 5.91 Å². The van der Waals surface area contributed by atoms with Crippen LogP contribution in [0, 0.1) is 0 Å². The quantitative estimate of drug-likeness (QED) is 0.881. The Labute approximate surface area is 116 Å². The number of anilines is 1. The van der Waals surface area contributed by atoms with E-state index in [-0.39, 0.29) is 5.91 Å². The first-order valence-corrected chi connectivity index (χ1v) is 7.09. The molecule has 0 bridgehead atoms. The fourth-order valence-electron chi connectivity index (χ4n) is 1.83. The molecule has 0 aliphatic carbocycles. The summed E-state index contributed by atoms with van der Waals surface area (Å²) in [5.74, 6) is 0.259. The van der Waals surface area contributed by atoms with Gasteiger partial charge < -0.3 is 11.1 Å². The normalized spacial score (nSPS) is 12.1. The number of nitrogen functional groups attached to an aromatic ring is 1. The molecule has 5 heteroatoms. The molecule has 0 spiro atoms. The number of nitrogens with one attached hydrogen (secondary N) is 1. The molecule has 0 fully saturated rings. The molecule has 4 nitrogen and oxygen atoms in total. The van der Waals surface area contributed by atoms with Crippen molar-refractivity contribution >= 4 is 22.4 Å². The van der Waals surface area contributed by atoms with Crippen molar-refractivity contribution < 1.29 is 4.79 Å². The third kappa shape index (κ3) is 3.79. The second-order valence-corrected chi connectivity index (χ2v) is 5.32. The van der Waals surface area contributed by atoms with Gasteiger partial charge in [-0.1, -0.05) is 37.3 Å². The summed E-state index contributed by atoms with van der Waals surface area (Å²) in [5, 5.41) is 4.95.